The Labute approximate surface area is 187 Å². The second-order valence-corrected chi connectivity index (χ2v) is 9.88. The summed E-state index contributed by atoms with van der Waals surface area (Å²) < 4.78 is 27.9. The van der Waals surface area contributed by atoms with Gasteiger partial charge in [-0.1, -0.05) is 32.3 Å². The standard InChI is InChI=1S/C23H25N3O5S/c1-2-26(16-7-4-3-5-8-16)32(30,31)17-13-11-15(12-14-17)21(27)24-19-10-6-9-18-20(19)23(29)25-22(18)28/h6,9-14,16H,2-5,7-8H2,1H3,(H,24,27)(H,25,28,29). The highest BCUT2D eigenvalue weighted by atomic mass is 32.2. The van der Waals surface area contributed by atoms with E-state index in [4.69, 9.17) is 0 Å². The summed E-state index contributed by atoms with van der Waals surface area (Å²) in [6.45, 7) is 2.24. The molecule has 2 N–H and O–H groups in total. The maximum absolute atomic E-state index is 13.2. The van der Waals surface area contributed by atoms with Gasteiger partial charge in [0.2, 0.25) is 10.0 Å². The van der Waals surface area contributed by atoms with E-state index in [1.54, 1.807) is 10.4 Å². The topological polar surface area (TPSA) is 113 Å². The molecule has 0 atom stereocenters. The van der Waals surface area contributed by atoms with E-state index in [0.29, 0.717) is 6.54 Å². The number of rotatable bonds is 6. The zero-order chi connectivity index (χ0) is 22.9. The van der Waals surface area contributed by atoms with Gasteiger partial charge in [-0.05, 0) is 49.2 Å². The van der Waals surface area contributed by atoms with Crippen molar-refractivity contribution in [1.29, 1.82) is 0 Å². The van der Waals surface area contributed by atoms with E-state index < -0.39 is 27.7 Å². The summed E-state index contributed by atoms with van der Waals surface area (Å²) in [5.41, 5.74) is 0.793. The van der Waals surface area contributed by atoms with Gasteiger partial charge in [0.15, 0.2) is 0 Å². The molecule has 0 unspecified atom stereocenters. The summed E-state index contributed by atoms with van der Waals surface area (Å²) in [4.78, 5) is 36.7. The van der Waals surface area contributed by atoms with Gasteiger partial charge >= 0.3 is 0 Å². The van der Waals surface area contributed by atoms with Gasteiger partial charge in [-0.3, -0.25) is 19.7 Å². The first-order valence-electron chi connectivity index (χ1n) is 10.7. The Kier molecular flexibility index (Phi) is 6.12. The molecule has 9 heteroatoms. The Morgan fingerprint density at radius 2 is 1.72 bits per heavy atom. The van der Waals surface area contributed by atoms with Crippen LogP contribution in [0.1, 0.15) is 70.1 Å². The van der Waals surface area contributed by atoms with Crippen LogP contribution in [0.15, 0.2) is 47.4 Å². The van der Waals surface area contributed by atoms with E-state index in [1.165, 1.54) is 36.4 Å². The summed E-state index contributed by atoms with van der Waals surface area (Å²) in [7, 11) is -3.66. The van der Waals surface area contributed by atoms with Gasteiger partial charge in [-0.2, -0.15) is 4.31 Å². The number of carbonyl (C=O) groups excluding carboxylic acids is 3. The van der Waals surface area contributed by atoms with Gasteiger partial charge in [0.1, 0.15) is 0 Å². The van der Waals surface area contributed by atoms with Crippen molar-refractivity contribution in [3.05, 3.63) is 59.2 Å². The molecular formula is C23H25N3O5S. The summed E-state index contributed by atoms with van der Waals surface area (Å²) in [5, 5.41) is 4.84. The fraction of sp³-hybridized carbons (Fsp3) is 0.348. The Balaban J connectivity index is 1.53. The number of benzene rings is 2. The van der Waals surface area contributed by atoms with Crippen molar-refractivity contribution in [3.63, 3.8) is 0 Å². The van der Waals surface area contributed by atoms with E-state index in [-0.39, 0.29) is 33.3 Å². The number of sulfonamides is 1. The molecule has 1 saturated carbocycles. The van der Waals surface area contributed by atoms with Crippen molar-refractivity contribution in [2.45, 2.75) is 50.0 Å². The Hall–Kier alpha value is -3.04. The number of hydrogen-bond acceptors (Lipinski definition) is 5. The molecule has 1 aliphatic heterocycles. The summed E-state index contributed by atoms with van der Waals surface area (Å²) in [6, 6.07) is 10.4. The van der Waals surface area contributed by atoms with Crippen LogP contribution < -0.4 is 10.6 Å². The van der Waals surface area contributed by atoms with Gasteiger partial charge in [-0.15, -0.1) is 0 Å². The van der Waals surface area contributed by atoms with Crippen molar-refractivity contribution >= 4 is 33.4 Å². The average molecular weight is 456 g/mol. The third-order valence-electron chi connectivity index (χ3n) is 6.03. The molecule has 8 nitrogen and oxygen atoms in total. The smallest absolute Gasteiger partial charge is 0.261 e. The Bertz CT molecular complexity index is 1170. The van der Waals surface area contributed by atoms with E-state index in [1.807, 2.05) is 6.92 Å². The number of nitrogens with one attached hydrogen (secondary N) is 2. The molecule has 168 valence electrons. The minimum absolute atomic E-state index is 0.00996. The highest BCUT2D eigenvalue weighted by Crippen LogP contribution is 2.28. The molecule has 4 rings (SSSR count). The molecule has 32 heavy (non-hydrogen) atoms. The lowest BCUT2D eigenvalue weighted by molar-refractivity contribution is 0.0879. The monoisotopic (exact) mass is 455 g/mol. The molecule has 0 spiro atoms. The van der Waals surface area contributed by atoms with Crippen LogP contribution in [-0.2, 0) is 10.0 Å². The molecule has 1 heterocycles. The molecule has 2 aromatic carbocycles. The van der Waals surface area contributed by atoms with Crippen molar-refractivity contribution in [2.24, 2.45) is 0 Å². The number of fused-ring (bicyclic) bond motifs is 1. The highest BCUT2D eigenvalue weighted by Gasteiger charge is 2.32. The van der Waals surface area contributed by atoms with Gasteiger partial charge < -0.3 is 5.32 Å². The second kappa shape index (κ2) is 8.84. The molecule has 3 amide bonds. The summed E-state index contributed by atoms with van der Waals surface area (Å²) >= 11 is 0. The maximum Gasteiger partial charge on any atom is 0.261 e. The molecule has 0 saturated heterocycles. The van der Waals surface area contributed by atoms with Gasteiger partial charge in [-0.25, -0.2) is 8.42 Å². The van der Waals surface area contributed by atoms with Crippen LogP contribution in [0.25, 0.3) is 0 Å². The minimum Gasteiger partial charge on any atom is -0.321 e. The van der Waals surface area contributed by atoms with Crippen LogP contribution in [-0.4, -0.2) is 43.0 Å². The highest BCUT2D eigenvalue weighted by molar-refractivity contribution is 7.89. The van der Waals surface area contributed by atoms with Gasteiger partial charge in [0, 0.05) is 18.2 Å². The molecule has 1 fully saturated rings. The van der Waals surface area contributed by atoms with Crippen molar-refractivity contribution in [1.82, 2.24) is 9.62 Å². The minimum atomic E-state index is -3.66. The lowest BCUT2D eigenvalue weighted by Crippen LogP contribution is -2.41. The van der Waals surface area contributed by atoms with Crippen LogP contribution in [0.2, 0.25) is 0 Å². The van der Waals surface area contributed by atoms with E-state index in [0.717, 1.165) is 32.1 Å². The zero-order valence-electron chi connectivity index (χ0n) is 17.8. The number of anilines is 1. The number of amides is 3. The molecule has 0 aromatic heterocycles. The van der Waals surface area contributed by atoms with Crippen molar-refractivity contribution < 1.29 is 22.8 Å². The predicted molar refractivity (Wildman–Crippen MR) is 119 cm³/mol. The number of hydrogen-bond donors (Lipinski definition) is 2. The maximum atomic E-state index is 13.2. The second-order valence-electron chi connectivity index (χ2n) is 7.99. The third-order valence-corrected chi connectivity index (χ3v) is 8.07. The number of nitrogens with zero attached hydrogens (tertiary/aromatic N) is 1. The first-order chi connectivity index (χ1) is 15.3. The molecule has 2 aliphatic rings. The molecular weight excluding hydrogens is 430 g/mol. The Morgan fingerprint density at radius 1 is 1.03 bits per heavy atom. The van der Waals surface area contributed by atoms with Crippen molar-refractivity contribution in [2.75, 3.05) is 11.9 Å². The Morgan fingerprint density at radius 3 is 2.38 bits per heavy atom. The van der Waals surface area contributed by atoms with E-state index in [2.05, 4.69) is 10.6 Å². The SMILES string of the molecule is CCN(C1CCCCC1)S(=O)(=O)c1ccc(C(=O)Nc2cccc3c2C(=O)NC3=O)cc1. The van der Waals surface area contributed by atoms with Gasteiger partial charge in [0.25, 0.3) is 17.7 Å². The molecule has 1 aliphatic carbocycles. The number of imide groups is 1. The molecule has 2 aromatic rings. The molecule has 0 bridgehead atoms. The average Bonchev–Trinajstić information content (AvgIpc) is 3.09. The third kappa shape index (κ3) is 4.05. The summed E-state index contributed by atoms with van der Waals surface area (Å²) in [6.07, 6.45) is 4.93. The molecule has 0 radical (unpaired) electrons. The zero-order valence-corrected chi connectivity index (χ0v) is 18.6. The van der Waals surface area contributed by atoms with Crippen LogP contribution >= 0.6 is 0 Å². The largest absolute Gasteiger partial charge is 0.321 e. The van der Waals surface area contributed by atoms with Crippen LogP contribution in [0.3, 0.4) is 0 Å². The van der Waals surface area contributed by atoms with Crippen LogP contribution in [0, 0.1) is 0 Å². The predicted octanol–water partition coefficient (Wildman–Crippen LogP) is 3.17. The fourth-order valence-electron chi connectivity index (χ4n) is 4.42. The van der Waals surface area contributed by atoms with Gasteiger partial charge in [0.05, 0.1) is 21.7 Å². The first-order valence-corrected chi connectivity index (χ1v) is 12.2. The van der Waals surface area contributed by atoms with Crippen LogP contribution in [0.5, 0.6) is 0 Å². The quantitative estimate of drug-likeness (QED) is 0.650. The normalized spacial score (nSPS) is 16.7. The summed E-state index contributed by atoms with van der Waals surface area (Å²) in [5.74, 6) is -1.58. The van der Waals surface area contributed by atoms with E-state index in [9.17, 15) is 22.8 Å². The van der Waals surface area contributed by atoms with Crippen molar-refractivity contribution in [3.8, 4) is 0 Å². The first kappa shape index (κ1) is 22.2. The fourth-order valence-corrected chi connectivity index (χ4v) is 6.12. The van der Waals surface area contributed by atoms with E-state index >= 15 is 0 Å². The lowest BCUT2D eigenvalue weighted by Gasteiger charge is -2.32. The van der Waals surface area contributed by atoms with Crippen LogP contribution in [0.4, 0.5) is 5.69 Å². The number of carbonyl (C=O) groups is 3. The lowest BCUT2D eigenvalue weighted by atomic mass is 9.95.